The lowest BCUT2D eigenvalue weighted by Crippen LogP contribution is -2.51. The van der Waals surface area contributed by atoms with Crippen LogP contribution in [-0.4, -0.2) is 27.9 Å². The van der Waals surface area contributed by atoms with E-state index in [1.165, 1.54) is 0 Å². The Morgan fingerprint density at radius 2 is 1.80 bits per heavy atom. The zero-order valence-electron chi connectivity index (χ0n) is 8.97. The van der Waals surface area contributed by atoms with Crippen molar-refractivity contribution in [2.75, 3.05) is 0 Å². The van der Waals surface area contributed by atoms with Crippen LogP contribution in [0.15, 0.2) is 12.7 Å². The highest BCUT2D eigenvalue weighted by Crippen LogP contribution is 2.18. The van der Waals surface area contributed by atoms with Crippen LogP contribution in [0.2, 0.25) is 0 Å². The summed E-state index contributed by atoms with van der Waals surface area (Å²) in [6.45, 7) is 7.92. The van der Waals surface area contributed by atoms with E-state index in [9.17, 15) is 17.7 Å². The van der Waals surface area contributed by atoms with Crippen LogP contribution < -0.4 is 4.72 Å². The highest BCUT2D eigenvalue weighted by atomic mass is 32.2. The lowest BCUT2D eigenvalue weighted by Gasteiger charge is -2.28. The molecular weight excluding hydrogens is 227 g/mol. The maximum atomic E-state index is 13.0. The molecule has 0 rings (SSSR count). The fourth-order valence-corrected chi connectivity index (χ4v) is 1.54. The number of halogens is 3. The molecule has 0 aliphatic heterocycles. The van der Waals surface area contributed by atoms with Crippen molar-refractivity contribution in [3.63, 3.8) is 0 Å². The summed E-state index contributed by atoms with van der Waals surface area (Å²) in [4.78, 5) is 0. The summed E-state index contributed by atoms with van der Waals surface area (Å²) in [6, 6.07) is -1.78. The molecule has 90 valence electrons. The van der Waals surface area contributed by atoms with E-state index in [1.807, 2.05) is 0 Å². The molecule has 6 heteroatoms. The second-order valence-electron chi connectivity index (χ2n) is 4.04. The largest absolute Gasteiger partial charge is 0.598 e. The Balaban J connectivity index is 4.49. The van der Waals surface area contributed by atoms with Crippen LogP contribution in [0, 0.1) is 0 Å². The molecule has 0 amide bonds. The van der Waals surface area contributed by atoms with Gasteiger partial charge in [-0.15, -0.1) is 11.3 Å². The predicted molar refractivity (Wildman–Crippen MR) is 55.9 cm³/mol. The van der Waals surface area contributed by atoms with E-state index in [4.69, 9.17) is 0 Å². The zero-order valence-corrected chi connectivity index (χ0v) is 9.78. The summed E-state index contributed by atoms with van der Waals surface area (Å²) in [6.07, 6.45) is -4.08. The van der Waals surface area contributed by atoms with Crippen LogP contribution >= 0.6 is 0 Å². The smallest absolute Gasteiger partial charge is 0.261 e. The molecule has 0 aromatic rings. The summed E-state index contributed by atoms with van der Waals surface area (Å²) in [7, 11) is 0. The third-order valence-electron chi connectivity index (χ3n) is 1.64. The standard InChI is InChI=1S/C9H16F3NOS/c1-5-6(10)7(8(11)12)13-15(14)9(2,3)4/h5-8,13H,1H2,2-4H3/t6?,7?,15-/m0/s1. The number of nitrogens with one attached hydrogen (secondary N) is 1. The average Bonchev–Trinajstić information content (AvgIpc) is 2.10. The lowest BCUT2D eigenvalue weighted by atomic mass is 10.2. The molecule has 0 aliphatic carbocycles. The van der Waals surface area contributed by atoms with Gasteiger partial charge in [0.25, 0.3) is 6.43 Å². The van der Waals surface area contributed by atoms with Gasteiger partial charge in [-0.05, 0) is 20.8 Å². The first-order valence-electron chi connectivity index (χ1n) is 4.43. The molecule has 0 heterocycles. The van der Waals surface area contributed by atoms with Crippen molar-refractivity contribution in [2.45, 2.75) is 44.2 Å². The molecule has 0 saturated carbocycles. The van der Waals surface area contributed by atoms with E-state index in [1.54, 1.807) is 20.8 Å². The van der Waals surface area contributed by atoms with Gasteiger partial charge in [-0.2, -0.15) is 0 Å². The van der Waals surface area contributed by atoms with Crippen molar-refractivity contribution < 1.29 is 17.7 Å². The highest BCUT2D eigenvalue weighted by Gasteiger charge is 2.36. The average molecular weight is 243 g/mol. The van der Waals surface area contributed by atoms with Crippen LogP contribution in [0.4, 0.5) is 13.2 Å². The number of rotatable bonds is 5. The Hall–Kier alpha value is -0.200. The number of alkyl halides is 3. The van der Waals surface area contributed by atoms with E-state index < -0.39 is 34.7 Å². The molecule has 15 heavy (non-hydrogen) atoms. The van der Waals surface area contributed by atoms with Crippen LogP contribution in [-0.2, 0) is 11.4 Å². The molecule has 0 saturated heterocycles. The van der Waals surface area contributed by atoms with Gasteiger partial charge in [0, 0.05) is 11.4 Å². The second kappa shape index (κ2) is 5.77. The molecule has 2 nitrogen and oxygen atoms in total. The maximum absolute atomic E-state index is 13.0. The van der Waals surface area contributed by atoms with E-state index in [2.05, 4.69) is 11.3 Å². The van der Waals surface area contributed by atoms with Crippen LogP contribution in [0.5, 0.6) is 0 Å². The molecule has 0 aromatic heterocycles. The molecule has 0 aliphatic rings. The third-order valence-corrected chi connectivity index (χ3v) is 3.24. The van der Waals surface area contributed by atoms with Crippen molar-refractivity contribution in [3.05, 3.63) is 12.7 Å². The van der Waals surface area contributed by atoms with Gasteiger partial charge in [-0.3, -0.25) is 0 Å². The minimum atomic E-state index is -2.93. The van der Waals surface area contributed by atoms with Gasteiger partial charge in [0.1, 0.15) is 17.0 Å². The minimum absolute atomic E-state index is 0.714. The Morgan fingerprint density at radius 3 is 2.07 bits per heavy atom. The van der Waals surface area contributed by atoms with Gasteiger partial charge in [0.2, 0.25) is 0 Å². The van der Waals surface area contributed by atoms with Gasteiger partial charge in [-0.25, -0.2) is 13.2 Å². The molecule has 0 bridgehead atoms. The Morgan fingerprint density at radius 1 is 1.33 bits per heavy atom. The van der Waals surface area contributed by atoms with Crippen molar-refractivity contribution in [2.24, 2.45) is 0 Å². The monoisotopic (exact) mass is 243 g/mol. The van der Waals surface area contributed by atoms with Gasteiger partial charge in [0.05, 0.1) is 0 Å². The van der Waals surface area contributed by atoms with Gasteiger partial charge in [0.15, 0.2) is 0 Å². The van der Waals surface area contributed by atoms with Crippen molar-refractivity contribution in [1.82, 2.24) is 4.72 Å². The van der Waals surface area contributed by atoms with Crippen molar-refractivity contribution in [1.29, 1.82) is 0 Å². The molecular formula is C9H16F3NOS. The lowest BCUT2D eigenvalue weighted by molar-refractivity contribution is 0.0787. The fraction of sp³-hybridized carbons (Fsp3) is 0.778. The topological polar surface area (TPSA) is 35.1 Å². The quantitative estimate of drug-likeness (QED) is 0.593. The van der Waals surface area contributed by atoms with Crippen LogP contribution in [0.25, 0.3) is 0 Å². The van der Waals surface area contributed by atoms with Crippen molar-refractivity contribution in [3.8, 4) is 0 Å². The van der Waals surface area contributed by atoms with Crippen LogP contribution in [0.1, 0.15) is 20.8 Å². The summed E-state index contributed by atoms with van der Waals surface area (Å²) in [5.74, 6) is 0. The van der Waals surface area contributed by atoms with Gasteiger partial charge in [-0.1, -0.05) is 6.08 Å². The molecule has 1 N–H and O–H groups in total. The fourth-order valence-electron chi connectivity index (χ4n) is 0.702. The SMILES string of the molecule is C=CC(F)C(N[S@@+]([O-])C(C)(C)C)C(F)F. The molecule has 0 spiro atoms. The Labute approximate surface area is 91.2 Å². The van der Waals surface area contributed by atoms with E-state index >= 15 is 0 Å². The van der Waals surface area contributed by atoms with Gasteiger partial charge >= 0.3 is 0 Å². The first-order valence-corrected chi connectivity index (χ1v) is 5.58. The maximum Gasteiger partial charge on any atom is 0.261 e. The second-order valence-corrected chi connectivity index (χ2v) is 6.04. The Kier molecular flexibility index (Phi) is 5.69. The normalized spacial score (nSPS) is 18.7. The first-order chi connectivity index (χ1) is 6.70. The number of hydrogen-bond donors (Lipinski definition) is 1. The van der Waals surface area contributed by atoms with E-state index in [-0.39, 0.29) is 0 Å². The Bertz CT molecular complexity index is 208. The predicted octanol–water partition coefficient (Wildman–Crippen LogP) is 2.20. The molecule has 0 fully saturated rings. The minimum Gasteiger partial charge on any atom is -0.598 e. The zero-order chi connectivity index (χ0) is 12.2. The third kappa shape index (κ3) is 4.90. The summed E-state index contributed by atoms with van der Waals surface area (Å²) >= 11 is -1.73. The summed E-state index contributed by atoms with van der Waals surface area (Å²) in [5, 5.41) is 0. The van der Waals surface area contributed by atoms with E-state index in [0.29, 0.717) is 0 Å². The first kappa shape index (κ1) is 14.8. The summed E-state index contributed by atoms with van der Waals surface area (Å²) < 4.78 is 50.6. The number of hydrogen-bond acceptors (Lipinski definition) is 2. The van der Waals surface area contributed by atoms with Gasteiger partial charge < -0.3 is 4.55 Å². The molecule has 2 unspecified atom stereocenters. The van der Waals surface area contributed by atoms with Crippen molar-refractivity contribution >= 4 is 11.4 Å². The molecule has 0 aromatic carbocycles. The molecule has 3 atom stereocenters. The highest BCUT2D eigenvalue weighted by molar-refractivity contribution is 7.90. The van der Waals surface area contributed by atoms with Crippen LogP contribution in [0.3, 0.4) is 0 Å². The van der Waals surface area contributed by atoms with E-state index in [0.717, 1.165) is 6.08 Å². The summed E-state index contributed by atoms with van der Waals surface area (Å²) in [5.41, 5.74) is 0. The molecule has 0 radical (unpaired) electrons.